The van der Waals surface area contributed by atoms with E-state index in [2.05, 4.69) is 79.4 Å². The molecule has 0 amide bonds. The molecule has 30 heavy (non-hydrogen) atoms. The van der Waals surface area contributed by atoms with Crippen molar-refractivity contribution in [2.24, 2.45) is 4.99 Å². The van der Waals surface area contributed by atoms with Gasteiger partial charge in [-0.1, -0.05) is 42.5 Å². The second-order valence-corrected chi connectivity index (χ2v) is 8.43. The van der Waals surface area contributed by atoms with Gasteiger partial charge in [-0.05, 0) is 45.1 Å². The van der Waals surface area contributed by atoms with Crippen LogP contribution in [0, 0.1) is 0 Å². The first-order valence-corrected chi connectivity index (χ1v) is 11.5. The molecule has 166 valence electrons. The lowest BCUT2D eigenvalue weighted by molar-refractivity contribution is 0.194. The molecule has 1 aromatic rings. The number of guanidine groups is 1. The minimum atomic E-state index is 0.999. The first-order chi connectivity index (χ1) is 14.7. The van der Waals surface area contributed by atoms with Gasteiger partial charge in [0.2, 0.25) is 0 Å². The molecule has 2 heterocycles. The van der Waals surface area contributed by atoms with E-state index in [9.17, 15) is 0 Å². The van der Waals surface area contributed by atoms with Crippen LogP contribution in [0.4, 0.5) is 0 Å². The standard InChI is InChI=1S/C24H40N6/c1-25-24(26-12-7-15-28-16-8-13-27(2)17-18-28)30-21-19-29(20-22-30)14-6-11-23-9-4-3-5-10-23/h3-6,9-11H,7-8,12-22H2,1-2H3,(H,25,26)/b11-6+. The van der Waals surface area contributed by atoms with E-state index < -0.39 is 0 Å². The number of benzene rings is 1. The summed E-state index contributed by atoms with van der Waals surface area (Å²) in [6, 6.07) is 10.5. The third kappa shape index (κ3) is 7.74. The third-order valence-electron chi connectivity index (χ3n) is 6.10. The van der Waals surface area contributed by atoms with Crippen molar-refractivity contribution in [1.82, 2.24) is 24.9 Å². The van der Waals surface area contributed by atoms with E-state index in [4.69, 9.17) is 0 Å². The summed E-state index contributed by atoms with van der Waals surface area (Å²) in [5, 5.41) is 3.59. The molecule has 6 nitrogen and oxygen atoms in total. The van der Waals surface area contributed by atoms with E-state index in [1.807, 2.05) is 7.05 Å². The quantitative estimate of drug-likeness (QED) is 0.421. The van der Waals surface area contributed by atoms with Gasteiger partial charge in [-0.25, -0.2) is 0 Å². The van der Waals surface area contributed by atoms with Crippen molar-refractivity contribution in [3.05, 3.63) is 42.0 Å². The van der Waals surface area contributed by atoms with E-state index in [1.54, 1.807) is 0 Å². The van der Waals surface area contributed by atoms with Crippen molar-refractivity contribution in [2.45, 2.75) is 12.8 Å². The maximum Gasteiger partial charge on any atom is 0.193 e. The summed E-state index contributed by atoms with van der Waals surface area (Å²) < 4.78 is 0. The molecule has 0 bridgehead atoms. The molecule has 0 aromatic heterocycles. The van der Waals surface area contributed by atoms with Crippen molar-refractivity contribution < 1.29 is 0 Å². The van der Waals surface area contributed by atoms with Gasteiger partial charge in [0.25, 0.3) is 0 Å². The topological polar surface area (TPSA) is 37.4 Å². The lowest BCUT2D eigenvalue weighted by atomic mass is 10.2. The fourth-order valence-electron chi connectivity index (χ4n) is 4.20. The van der Waals surface area contributed by atoms with Gasteiger partial charge in [-0.15, -0.1) is 0 Å². The highest BCUT2D eigenvalue weighted by molar-refractivity contribution is 5.79. The maximum atomic E-state index is 4.53. The highest BCUT2D eigenvalue weighted by Gasteiger charge is 2.18. The highest BCUT2D eigenvalue weighted by Crippen LogP contribution is 2.05. The van der Waals surface area contributed by atoms with Gasteiger partial charge in [0.05, 0.1) is 0 Å². The second-order valence-electron chi connectivity index (χ2n) is 8.43. The number of rotatable bonds is 7. The molecular formula is C24H40N6. The van der Waals surface area contributed by atoms with E-state index in [0.29, 0.717) is 0 Å². The minimum absolute atomic E-state index is 0.999. The Kier molecular flexibility index (Phi) is 9.67. The lowest BCUT2D eigenvalue weighted by Gasteiger charge is -2.36. The van der Waals surface area contributed by atoms with Crippen molar-refractivity contribution in [1.29, 1.82) is 0 Å². The normalized spacial score (nSPS) is 20.6. The average Bonchev–Trinajstić information content (AvgIpc) is 2.99. The molecule has 0 aliphatic carbocycles. The zero-order valence-electron chi connectivity index (χ0n) is 19.0. The van der Waals surface area contributed by atoms with E-state index in [0.717, 1.165) is 45.2 Å². The van der Waals surface area contributed by atoms with Crippen LogP contribution in [0.3, 0.4) is 0 Å². The summed E-state index contributed by atoms with van der Waals surface area (Å²) >= 11 is 0. The van der Waals surface area contributed by atoms with E-state index in [1.165, 1.54) is 51.1 Å². The fraction of sp³-hybridized carbons (Fsp3) is 0.625. The van der Waals surface area contributed by atoms with Crippen LogP contribution < -0.4 is 5.32 Å². The number of nitrogens with zero attached hydrogens (tertiary/aromatic N) is 5. The molecule has 0 saturated carbocycles. The Morgan fingerprint density at radius 1 is 0.967 bits per heavy atom. The summed E-state index contributed by atoms with van der Waals surface area (Å²) in [5.74, 6) is 1.06. The Labute approximate surface area is 183 Å². The van der Waals surface area contributed by atoms with Crippen LogP contribution in [0.15, 0.2) is 41.4 Å². The number of nitrogens with one attached hydrogen (secondary N) is 1. The second kappa shape index (κ2) is 12.7. The van der Waals surface area contributed by atoms with Gasteiger partial charge in [0.15, 0.2) is 5.96 Å². The molecule has 6 heteroatoms. The lowest BCUT2D eigenvalue weighted by Crippen LogP contribution is -2.52. The Balaban J connectivity index is 1.31. The summed E-state index contributed by atoms with van der Waals surface area (Å²) in [5.41, 5.74) is 1.27. The zero-order valence-corrected chi connectivity index (χ0v) is 19.0. The Hall–Kier alpha value is -1.89. The van der Waals surface area contributed by atoms with Crippen LogP contribution in [-0.4, -0.2) is 112 Å². The number of hydrogen-bond acceptors (Lipinski definition) is 4. The number of piperazine rings is 1. The third-order valence-corrected chi connectivity index (χ3v) is 6.10. The zero-order chi connectivity index (χ0) is 21.0. The molecule has 2 fully saturated rings. The molecule has 3 rings (SSSR count). The molecule has 1 aromatic carbocycles. The average molecular weight is 413 g/mol. The van der Waals surface area contributed by atoms with Crippen LogP contribution in [0.2, 0.25) is 0 Å². The van der Waals surface area contributed by atoms with Gasteiger partial charge in [0, 0.05) is 59.4 Å². The Morgan fingerprint density at radius 2 is 1.73 bits per heavy atom. The molecule has 1 N–H and O–H groups in total. The van der Waals surface area contributed by atoms with Gasteiger partial charge < -0.3 is 20.0 Å². The van der Waals surface area contributed by atoms with Crippen LogP contribution in [0.5, 0.6) is 0 Å². The SMILES string of the molecule is CN=C(NCCCN1CCCN(C)CC1)N1CCN(C/C=C/c2ccccc2)CC1. The van der Waals surface area contributed by atoms with Crippen LogP contribution in [0.1, 0.15) is 18.4 Å². The summed E-state index contributed by atoms with van der Waals surface area (Å²) in [4.78, 5) is 14.5. The summed E-state index contributed by atoms with van der Waals surface area (Å²) in [6.45, 7) is 12.3. The van der Waals surface area contributed by atoms with Crippen molar-refractivity contribution >= 4 is 12.0 Å². The van der Waals surface area contributed by atoms with Gasteiger partial charge in [-0.3, -0.25) is 9.89 Å². The van der Waals surface area contributed by atoms with Crippen molar-refractivity contribution in [3.8, 4) is 0 Å². The Bertz CT molecular complexity index is 651. The highest BCUT2D eigenvalue weighted by atomic mass is 15.3. The molecule has 0 atom stereocenters. The molecule has 2 aliphatic heterocycles. The monoisotopic (exact) mass is 412 g/mol. The van der Waals surface area contributed by atoms with Crippen LogP contribution >= 0.6 is 0 Å². The molecule has 0 radical (unpaired) electrons. The molecule has 0 spiro atoms. The Morgan fingerprint density at radius 3 is 2.50 bits per heavy atom. The molecule has 0 unspecified atom stereocenters. The molecule has 2 saturated heterocycles. The number of likely N-dealkylation sites (N-methyl/N-ethyl adjacent to an activating group) is 1. The first-order valence-electron chi connectivity index (χ1n) is 11.5. The van der Waals surface area contributed by atoms with Crippen molar-refractivity contribution in [3.63, 3.8) is 0 Å². The largest absolute Gasteiger partial charge is 0.356 e. The van der Waals surface area contributed by atoms with Gasteiger partial charge in [-0.2, -0.15) is 0 Å². The van der Waals surface area contributed by atoms with E-state index in [-0.39, 0.29) is 0 Å². The van der Waals surface area contributed by atoms with Crippen LogP contribution in [0.25, 0.3) is 6.08 Å². The number of aliphatic imine (C=N–C) groups is 1. The van der Waals surface area contributed by atoms with E-state index >= 15 is 0 Å². The fourth-order valence-corrected chi connectivity index (χ4v) is 4.20. The maximum absolute atomic E-state index is 4.53. The molecular weight excluding hydrogens is 372 g/mol. The predicted octanol–water partition coefficient (Wildman–Crippen LogP) is 1.92. The predicted molar refractivity (Wildman–Crippen MR) is 128 cm³/mol. The first kappa shape index (κ1) is 22.8. The minimum Gasteiger partial charge on any atom is -0.356 e. The van der Waals surface area contributed by atoms with Crippen LogP contribution in [-0.2, 0) is 0 Å². The van der Waals surface area contributed by atoms with Gasteiger partial charge in [0.1, 0.15) is 0 Å². The smallest absolute Gasteiger partial charge is 0.193 e. The summed E-state index contributed by atoms with van der Waals surface area (Å²) in [6.07, 6.45) is 6.96. The summed E-state index contributed by atoms with van der Waals surface area (Å²) in [7, 11) is 4.14. The van der Waals surface area contributed by atoms with Crippen molar-refractivity contribution in [2.75, 3.05) is 86.1 Å². The molecule has 2 aliphatic rings. The number of hydrogen-bond donors (Lipinski definition) is 1. The van der Waals surface area contributed by atoms with Gasteiger partial charge >= 0.3 is 0 Å².